The lowest BCUT2D eigenvalue weighted by molar-refractivity contribution is -0.121. The predicted octanol–water partition coefficient (Wildman–Crippen LogP) is 6.76. The molecule has 2 aromatic rings. The van der Waals surface area contributed by atoms with Gasteiger partial charge in [0, 0.05) is 39.3 Å². The van der Waals surface area contributed by atoms with Crippen LogP contribution in [0.25, 0.3) is 0 Å². The van der Waals surface area contributed by atoms with Gasteiger partial charge in [0.15, 0.2) is 5.78 Å². The first kappa shape index (κ1) is 20.9. The second-order valence-corrected chi connectivity index (χ2v) is 10.4. The number of hydrogen-bond acceptors (Lipinski definition) is 2. The molecule has 6 heteroatoms. The Morgan fingerprint density at radius 2 is 1.72 bits per heavy atom. The van der Waals surface area contributed by atoms with Gasteiger partial charge in [-0.25, -0.2) is 0 Å². The summed E-state index contributed by atoms with van der Waals surface area (Å²) in [6.45, 7) is 4.14. The van der Waals surface area contributed by atoms with Gasteiger partial charge >= 0.3 is 0 Å². The van der Waals surface area contributed by atoms with Gasteiger partial charge in [0.2, 0.25) is 5.91 Å². The summed E-state index contributed by atoms with van der Waals surface area (Å²) in [4.78, 5) is 28.4. The molecule has 1 heterocycles. The van der Waals surface area contributed by atoms with Crippen molar-refractivity contribution < 1.29 is 9.59 Å². The van der Waals surface area contributed by atoms with Crippen molar-refractivity contribution in [2.45, 2.75) is 39.0 Å². The van der Waals surface area contributed by atoms with Crippen LogP contribution in [-0.2, 0) is 9.59 Å². The van der Waals surface area contributed by atoms with Gasteiger partial charge in [-0.2, -0.15) is 0 Å². The molecule has 3 nitrogen and oxygen atoms in total. The number of Topliss-reactive ketones (excluding diaryl/α,β-unsaturated/α-hetero) is 1. The molecule has 4 rings (SSSR count). The Hall–Kier alpha value is -1.37. The Kier molecular flexibility index (Phi) is 5.55. The van der Waals surface area contributed by atoms with Crippen LogP contribution in [-0.4, -0.2) is 11.7 Å². The number of benzene rings is 2. The maximum absolute atomic E-state index is 13.3. The minimum Gasteiger partial charge on any atom is -0.294 e. The molecule has 1 atom stereocenters. The molecule has 0 radical (unpaired) electrons. The molecule has 29 heavy (non-hydrogen) atoms. The van der Waals surface area contributed by atoms with Crippen molar-refractivity contribution in [3.63, 3.8) is 0 Å². The average molecular weight is 540 g/mol. The first-order chi connectivity index (χ1) is 13.7. The molecule has 0 spiro atoms. The minimum atomic E-state index is -0.368. The molecule has 150 valence electrons. The largest absolute Gasteiger partial charge is 0.294 e. The molecule has 1 unspecified atom stereocenters. The summed E-state index contributed by atoms with van der Waals surface area (Å²) in [5.74, 6) is -0.316. The maximum Gasteiger partial charge on any atom is 0.232 e. The van der Waals surface area contributed by atoms with Crippen LogP contribution < -0.4 is 4.90 Å². The smallest absolute Gasteiger partial charge is 0.232 e. The number of hydrogen-bond donors (Lipinski definition) is 0. The van der Waals surface area contributed by atoms with E-state index >= 15 is 0 Å². The summed E-state index contributed by atoms with van der Waals surface area (Å²) >= 11 is 15.0. The van der Waals surface area contributed by atoms with Crippen molar-refractivity contribution in [2.75, 3.05) is 4.90 Å². The maximum atomic E-state index is 13.3. The highest BCUT2D eigenvalue weighted by Gasteiger charge is 2.44. The van der Waals surface area contributed by atoms with Crippen LogP contribution in [0, 0.1) is 8.99 Å². The van der Waals surface area contributed by atoms with Crippen LogP contribution in [0.2, 0.25) is 10.0 Å². The van der Waals surface area contributed by atoms with Crippen LogP contribution in [0.3, 0.4) is 0 Å². The van der Waals surface area contributed by atoms with Crippen molar-refractivity contribution >= 4 is 63.2 Å². The number of anilines is 1. The molecular formula is C23H20Cl2INO2. The van der Waals surface area contributed by atoms with Gasteiger partial charge in [0.1, 0.15) is 0 Å². The van der Waals surface area contributed by atoms with Crippen LogP contribution in [0.1, 0.15) is 44.6 Å². The first-order valence-electron chi connectivity index (χ1n) is 9.46. The van der Waals surface area contributed by atoms with E-state index in [4.69, 9.17) is 23.2 Å². The zero-order valence-electron chi connectivity index (χ0n) is 16.1. The van der Waals surface area contributed by atoms with Gasteiger partial charge in [-0.1, -0.05) is 49.2 Å². The number of rotatable bonds is 2. The summed E-state index contributed by atoms with van der Waals surface area (Å²) in [7, 11) is 0. The highest BCUT2D eigenvalue weighted by atomic mass is 127. The van der Waals surface area contributed by atoms with Crippen LogP contribution >= 0.6 is 45.8 Å². The number of halogens is 3. The zero-order valence-corrected chi connectivity index (χ0v) is 19.8. The predicted molar refractivity (Wildman–Crippen MR) is 126 cm³/mol. The van der Waals surface area contributed by atoms with Gasteiger partial charge in [-0.05, 0) is 70.3 Å². The average Bonchev–Trinajstić information content (AvgIpc) is 2.63. The molecule has 0 bridgehead atoms. The lowest BCUT2D eigenvalue weighted by Crippen LogP contribution is -2.43. The van der Waals surface area contributed by atoms with Crippen LogP contribution in [0.15, 0.2) is 53.7 Å². The van der Waals surface area contributed by atoms with E-state index in [9.17, 15) is 9.59 Å². The van der Waals surface area contributed by atoms with E-state index in [0.717, 1.165) is 20.5 Å². The molecular weight excluding hydrogens is 520 g/mol. The highest BCUT2D eigenvalue weighted by molar-refractivity contribution is 14.1. The van der Waals surface area contributed by atoms with E-state index in [-0.39, 0.29) is 29.4 Å². The number of amides is 1. The normalized spacial score (nSPS) is 21.4. The third-order valence-corrected chi connectivity index (χ3v) is 7.14. The number of ketones is 1. The number of carbonyl (C=O) groups is 2. The van der Waals surface area contributed by atoms with E-state index in [1.54, 1.807) is 11.0 Å². The van der Waals surface area contributed by atoms with Gasteiger partial charge in [0.25, 0.3) is 0 Å². The third kappa shape index (κ3) is 3.87. The Balaban J connectivity index is 1.92. The van der Waals surface area contributed by atoms with E-state index in [1.165, 1.54) is 0 Å². The van der Waals surface area contributed by atoms with Crippen molar-refractivity contribution in [1.82, 2.24) is 0 Å². The Morgan fingerprint density at radius 1 is 1.03 bits per heavy atom. The van der Waals surface area contributed by atoms with E-state index in [2.05, 4.69) is 36.4 Å². The van der Waals surface area contributed by atoms with E-state index in [0.29, 0.717) is 28.5 Å². The number of nitrogens with zero attached hydrogens (tertiary/aromatic N) is 1. The highest BCUT2D eigenvalue weighted by Crippen LogP contribution is 2.49. The lowest BCUT2D eigenvalue weighted by Gasteiger charge is -2.43. The third-order valence-electron chi connectivity index (χ3n) is 5.58. The Morgan fingerprint density at radius 3 is 2.41 bits per heavy atom. The lowest BCUT2D eigenvalue weighted by atomic mass is 9.69. The van der Waals surface area contributed by atoms with Gasteiger partial charge in [-0.15, -0.1) is 0 Å². The summed E-state index contributed by atoms with van der Waals surface area (Å²) in [6, 6.07) is 13.2. The SMILES string of the molecule is CC1(C)CC(=O)C2=C(C1)N(c1ccc(I)cc1)C(=O)CC2c1cccc(Cl)c1Cl. The first-order valence-corrected chi connectivity index (χ1v) is 11.3. The van der Waals surface area contributed by atoms with Gasteiger partial charge in [0.05, 0.1) is 10.0 Å². The standard InChI is InChI=1S/C23H20Cl2INO2/c1-23(2)11-18-21(19(28)12-23)16(15-4-3-5-17(24)22(15)25)10-20(29)27(18)14-8-6-13(26)7-9-14/h3-9,16H,10-12H2,1-2H3. The van der Waals surface area contributed by atoms with Crippen molar-refractivity contribution in [2.24, 2.45) is 5.41 Å². The topological polar surface area (TPSA) is 37.4 Å². The molecule has 0 fully saturated rings. The fraction of sp³-hybridized carbons (Fsp3) is 0.304. The van der Waals surface area contributed by atoms with Gasteiger partial charge in [-0.3, -0.25) is 14.5 Å². The summed E-state index contributed by atoms with van der Waals surface area (Å²) < 4.78 is 1.09. The fourth-order valence-electron chi connectivity index (χ4n) is 4.36. The van der Waals surface area contributed by atoms with Crippen LogP contribution in [0.4, 0.5) is 5.69 Å². The summed E-state index contributed by atoms with van der Waals surface area (Å²) in [5.41, 5.74) is 2.83. The molecule has 0 saturated carbocycles. The van der Waals surface area contributed by atoms with Crippen molar-refractivity contribution in [3.8, 4) is 0 Å². The summed E-state index contributed by atoms with van der Waals surface area (Å²) in [5, 5.41) is 0.849. The minimum absolute atomic E-state index is 0.0310. The zero-order chi connectivity index (χ0) is 20.9. The van der Waals surface area contributed by atoms with Gasteiger partial charge < -0.3 is 0 Å². The number of allylic oxidation sites excluding steroid dienone is 2. The molecule has 1 aliphatic carbocycles. The van der Waals surface area contributed by atoms with E-state index in [1.807, 2.05) is 36.4 Å². The Bertz CT molecular complexity index is 1040. The number of carbonyl (C=O) groups excluding carboxylic acids is 2. The molecule has 1 amide bonds. The molecule has 0 saturated heterocycles. The van der Waals surface area contributed by atoms with Crippen LogP contribution in [0.5, 0.6) is 0 Å². The molecule has 0 N–H and O–H groups in total. The second kappa shape index (κ2) is 7.71. The second-order valence-electron chi connectivity index (χ2n) is 8.41. The van der Waals surface area contributed by atoms with Crippen molar-refractivity contribution in [3.05, 3.63) is 72.9 Å². The molecule has 2 aromatic carbocycles. The molecule has 1 aliphatic heterocycles. The monoisotopic (exact) mass is 539 g/mol. The Labute approximate surface area is 194 Å². The fourth-order valence-corrected chi connectivity index (χ4v) is 5.16. The quantitative estimate of drug-likeness (QED) is 0.395. The summed E-state index contributed by atoms with van der Waals surface area (Å²) in [6.07, 6.45) is 1.30. The molecule has 0 aromatic heterocycles. The van der Waals surface area contributed by atoms with Crippen molar-refractivity contribution in [1.29, 1.82) is 0 Å². The van der Waals surface area contributed by atoms with E-state index < -0.39 is 0 Å². The molecule has 2 aliphatic rings.